The third kappa shape index (κ3) is 5.71. The molecule has 1 N–H and O–H groups in total. The van der Waals surface area contributed by atoms with Gasteiger partial charge in [0.25, 0.3) is 0 Å². The number of fused-ring (bicyclic) bond motifs is 7. The van der Waals surface area contributed by atoms with Gasteiger partial charge in [-0.15, -0.1) is 0 Å². The van der Waals surface area contributed by atoms with Crippen LogP contribution in [0.5, 0.6) is 23.0 Å². The summed E-state index contributed by atoms with van der Waals surface area (Å²) in [6.45, 7) is 9.20. The average Bonchev–Trinajstić information content (AvgIpc) is 3.17. The Hall–Kier alpha value is -3.73. The lowest BCUT2D eigenvalue weighted by molar-refractivity contribution is 0.293. The van der Waals surface area contributed by atoms with Gasteiger partial charge < -0.3 is 18.5 Å². The smallest absolute Gasteiger partial charge is 0.494 e. The molecule has 46 heavy (non-hydrogen) atoms. The van der Waals surface area contributed by atoms with Gasteiger partial charge in [-0.25, -0.2) is 4.57 Å². The molecule has 240 valence electrons. The van der Waals surface area contributed by atoms with Gasteiger partial charge in [0, 0.05) is 34.2 Å². The molecule has 0 saturated heterocycles. The van der Waals surface area contributed by atoms with Gasteiger partial charge in [-0.05, 0) is 143 Å². The van der Waals surface area contributed by atoms with Crippen molar-refractivity contribution in [1.29, 1.82) is 0 Å². The van der Waals surface area contributed by atoms with Crippen molar-refractivity contribution >= 4 is 7.82 Å². The number of phosphoric ester groups is 1. The van der Waals surface area contributed by atoms with Gasteiger partial charge >= 0.3 is 7.82 Å². The molecule has 0 bridgehead atoms. The first-order valence-corrected chi connectivity index (χ1v) is 18.3. The first kappa shape index (κ1) is 30.9. The number of aryl methyl sites for hydroxylation is 4. The van der Waals surface area contributed by atoms with Crippen molar-refractivity contribution in [2.24, 2.45) is 0 Å². The molecule has 7 heteroatoms. The summed E-state index contributed by atoms with van der Waals surface area (Å²) in [5.74, 6) is 2.45. The van der Waals surface area contributed by atoms with Crippen LogP contribution in [0.3, 0.4) is 0 Å². The second-order valence-electron chi connectivity index (χ2n) is 12.8. The molecule has 7 rings (SSSR count). The fraction of sp³-hybridized carbons (Fsp3) is 0.385. The minimum absolute atomic E-state index is 0.427. The second kappa shape index (κ2) is 12.5. The Bertz CT molecular complexity index is 1880. The van der Waals surface area contributed by atoms with E-state index in [2.05, 4.69) is 44.2 Å². The minimum Gasteiger partial charge on any atom is -0.494 e. The van der Waals surface area contributed by atoms with Crippen LogP contribution in [-0.2, 0) is 36.7 Å². The molecule has 6 nitrogen and oxygen atoms in total. The third-order valence-corrected chi connectivity index (χ3v) is 10.5. The maximum atomic E-state index is 14.0. The molecule has 0 amide bonds. The predicted molar refractivity (Wildman–Crippen MR) is 183 cm³/mol. The number of hydrogen-bond acceptors (Lipinski definition) is 5. The SMILES string of the molecule is CCOc1ccc(C)c(Cc2cc3c(c4c2OP(=O)(O)Oc2c(-c5cc(C)ccc5OCC)cc5c(c2-4)CCCC5)CCCC3)c1. The zero-order chi connectivity index (χ0) is 32.0. The molecule has 1 aliphatic heterocycles. The van der Waals surface area contributed by atoms with E-state index < -0.39 is 7.82 Å². The van der Waals surface area contributed by atoms with Gasteiger partial charge in [0.05, 0.1) is 13.2 Å². The summed E-state index contributed by atoms with van der Waals surface area (Å²) in [6, 6.07) is 16.7. The van der Waals surface area contributed by atoms with Gasteiger partial charge in [0.15, 0.2) is 0 Å². The zero-order valence-electron chi connectivity index (χ0n) is 27.3. The summed E-state index contributed by atoms with van der Waals surface area (Å²) in [5, 5.41) is 0. The van der Waals surface area contributed by atoms with E-state index in [9.17, 15) is 9.46 Å². The molecule has 0 fully saturated rings. The Morgan fingerprint density at radius 2 is 1.37 bits per heavy atom. The van der Waals surface area contributed by atoms with Crippen molar-refractivity contribution in [3.8, 4) is 45.3 Å². The largest absolute Gasteiger partial charge is 0.584 e. The fourth-order valence-electron chi connectivity index (χ4n) is 7.58. The van der Waals surface area contributed by atoms with Crippen molar-refractivity contribution in [3.63, 3.8) is 0 Å². The van der Waals surface area contributed by atoms with Crippen LogP contribution in [0.4, 0.5) is 0 Å². The number of ether oxygens (including phenoxy) is 2. The average molecular weight is 639 g/mol. The summed E-state index contributed by atoms with van der Waals surface area (Å²) >= 11 is 0. The van der Waals surface area contributed by atoms with E-state index in [1.807, 2.05) is 32.0 Å². The van der Waals surface area contributed by atoms with E-state index in [1.54, 1.807) is 0 Å². The van der Waals surface area contributed by atoms with E-state index in [4.69, 9.17) is 18.5 Å². The number of hydrogen-bond donors (Lipinski definition) is 1. The summed E-state index contributed by atoms with van der Waals surface area (Å²) in [6.07, 6.45) is 8.59. The Morgan fingerprint density at radius 3 is 2.09 bits per heavy atom. The predicted octanol–water partition coefficient (Wildman–Crippen LogP) is 9.65. The summed E-state index contributed by atoms with van der Waals surface area (Å²) in [7, 11) is -4.59. The van der Waals surface area contributed by atoms with E-state index in [0.717, 1.165) is 107 Å². The van der Waals surface area contributed by atoms with Gasteiger partial charge in [-0.3, -0.25) is 4.89 Å². The topological polar surface area (TPSA) is 74.2 Å². The van der Waals surface area contributed by atoms with E-state index in [-0.39, 0.29) is 0 Å². The summed E-state index contributed by atoms with van der Waals surface area (Å²) in [4.78, 5) is 11.5. The first-order chi connectivity index (χ1) is 22.3. The lowest BCUT2D eigenvalue weighted by atomic mass is 9.77. The van der Waals surface area contributed by atoms with Crippen LogP contribution in [0.15, 0.2) is 48.5 Å². The maximum absolute atomic E-state index is 14.0. The van der Waals surface area contributed by atoms with Gasteiger partial charge in [0.1, 0.15) is 23.0 Å². The molecule has 0 saturated carbocycles. The number of rotatable bonds is 7. The number of phosphoric acid groups is 1. The molecule has 2 aliphatic carbocycles. The van der Waals surface area contributed by atoms with Crippen molar-refractivity contribution in [2.75, 3.05) is 13.2 Å². The van der Waals surface area contributed by atoms with Crippen LogP contribution in [0, 0.1) is 13.8 Å². The third-order valence-electron chi connectivity index (χ3n) is 9.68. The molecule has 0 radical (unpaired) electrons. The standard InChI is InChI=1S/C39H43O6P/c1-5-42-30-17-16-25(4)28(22-30)21-29-20-26-11-7-9-13-31(26)36-37-32-14-10-8-12-27(32)23-34(39(37)45-46(40,41)44-38(29)36)33-19-24(3)15-18-35(33)43-6-2/h15-20,22-23H,5-14,21H2,1-4H3,(H,40,41). The van der Waals surface area contributed by atoms with E-state index in [1.165, 1.54) is 22.3 Å². The Kier molecular flexibility index (Phi) is 8.37. The van der Waals surface area contributed by atoms with Crippen LogP contribution >= 0.6 is 7.82 Å². The highest BCUT2D eigenvalue weighted by Crippen LogP contribution is 2.61. The van der Waals surface area contributed by atoms with Crippen molar-refractivity contribution in [3.05, 3.63) is 93.0 Å². The van der Waals surface area contributed by atoms with Gasteiger partial charge in [-0.1, -0.05) is 23.8 Å². The molecule has 1 unspecified atom stereocenters. The monoisotopic (exact) mass is 638 g/mol. The number of benzene rings is 4. The maximum Gasteiger partial charge on any atom is 0.584 e. The second-order valence-corrected chi connectivity index (χ2v) is 14.1. The molecular weight excluding hydrogens is 595 g/mol. The van der Waals surface area contributed by atoms with E-state index >= 15 is 0 Å². The van der Waals surface area contributed by atoms with Crippen LogP contribution in [-0.4, -0.2) is 18.1 Å². The Labute approximate surface area is 272 Å². The molecule has 4 aromatic rings. The highest BCUT2D eigenvalue weighted by atomic mass is 31.2. The zero-order valence-corrected chi connectivity index (χ0v) is 28.2. The highest BCUT2D eigenvalue weighted by molar-refractivity contribution is 7.48. The van der Waals surface area contributed by atoms with Crippen LogP contribution in [0.2, 0.25) is 0 Å². The van der Waals surface area contributed by atoms with Crippen molar-refractivity contribution in [2.45, 2.75) is 85.5 Å². The quantitative estimate of drug-likeness (QED) is 0.203. The molecule has 3 aliphatic rings. The normalized spacial score (nSPS) is 18.2. The van der Waals surface area contributed by atoms with E-state index in [0.29, 0.717) is 31.1 Å². The van der Waals surface area contributed by atoms with Crippen LogP contribution in [0.1, 0.15) is 84.0 Å². The summed E-state index contributed by atoms with van der Waals surface area (Å²) in [5.41, 5.74) is 12.7. The van der Waals surface area contributed by atoms with Crippen LogP contribution in [0.25, 0.3) is 22.3 Å². The lowest BCUT2D eigenvalue weighted by Crippen LogP contribution is -2.11. The fourth-order valence-corrected chi connectivity index (χ4v) is 8.47. The van der Waals surface area contributed by atoms with Crippen LogP contribution < -0.4 is 18.5 Å². The van der Waals surface area contributed by atoms with Crippen molar-refractivity contribution in [1.82, 2.24) is 0 Å². The minimum atomic E-state index is -4.59. The Morgan fingerprint density at radius 1 is 0.717 bits per heavy atom. The molecule has 1 heterocycles. The van der Waals surface area contributed by atoms with Gasteiger partial charge in [-0.2, -0.15) is 0 Å². The Balaban J connectivity index is 1.55. The van der Waals surface area contributed by atoms with Gasteiger partial charge in [0.2, 0.25) is 0 Å². The molecule has 1 atom stereocenters. The molecule has 0 spiro atoms. The first-order valence-electron chi connectivity index (χ1n) is 16.8. The molecular formula is C39H43O6P. The molecule has 4 aromatic carbocycles. The molecule has 0 aromatic heterocycles. The highest BCUT2D eigenvalue weighted by Gasteiger charge is 2.40. The lowest BCUT2D eigenvalue weighted by Gasteiger charge is -2.28. The van der Waals surface area contributed by atoms with Crippen molar-refractivity contribution < 1.29 is 28.0 Å². The summed E-state index contributed by atoms with van der Waals surface area (Å²) < 4.78 is 38.5.